The molecule has 2 aromatic rings. The highest BCUT2D eigenvalue weighted by molar-refractivity contribution is 6.30. The smallest absolute Gasteiger partial charge is 0.115 e. The molecular formula is C20H24ClNO2. The third-order valence-corrected chi connectivity index (χ3v) is 4.93. The molecule has 0 radical (unpaired) electrons. The number of anilines is 1. The van der Waals surface area contributed by atoms with E-state index in [1.165, 1.54) is 24.1 Å². The number of piperidine rings is 1. The molecule has 3 nitrogen and oxygen atoms in total. The lowest BCUT2D eigenvalue weighted by molar-refractivity contribution is 0.104. The molecule has 1 aliphatic heterocycles. The Kier molecular flexibility index (Phi) is 6.00. The highest BCUT2D eigenvalue weighted by Gasteiger charge is 2.19. The summed E-state index contributed by atoms with van der Waals surface area (Å²) in [6, 6.07) is 15.3. The van der Waals surface area contributed by atoms with Gasteiger partial charge < -0.3 is 14.7 Å². The Bertz CT molecular complexity index is 619. The molecule has 1 N–H and O–H groups in total. The van der Waals surface area contributed by atoms with Crippen molar-refractivity contribution in [2.24, 2.45) is 5.92 Å². The Labute approximate surface area is 148 Å². The van der Waals surface area contributed by atoms with Crippen LogP contribution in [0, 0.1) is 5.92 Å². The van der Waals surface area contributed by atoms with Crippen LogP contribution in [0.5, 0.6) is 5.75 Å². The first-order chi connectivity index (χ1) is 11.7. The molecule has 2 aromatic carbocycles. The van der Waals surface area contributed by atoms with Gasteiger partial charge in [0.2, 0.25) is 0 Å². The summed E-state index contributed by atoms with van der Waals surface area (Å²) in [5.74, 6) is 1.06. The van der Waals surface area contributed by atoms with Crippen molar-refractivity contribution < 1.29 is 9.84 Å². The lowest BCUT2D eigenvalue weighted by atomic mass is 9.93. The van der Waals surface area contributed by atoms with Gasteiger partial charge in [-0.25, -0.2) is 0 Å². The minimum absolute atomic E-state index is 0.325. The third kappa shape index (κ3) is 4.89. The van der Waals surface area contributed by atoms with Gasteiger partial charge in [0.05, 0.1) is 6.61 Å². The van der Waals surface area contributed by atoms with Crippen molar-refractivity contribution in [2.75, 3.05) is 24.6 Å². The van der Waals surface area contributed by atoms with Crippen molar-refractivity contribution in [3.05, 3.63) is 59.1 Å². The minimum atomic E-state index is 0.325. The van der Waals surface area contributed by atoms with Crippen LogP contribution >= 0.6 is 11.6 Å². The Morgan fingerprint density at radius 2 is 1.67 bits per heavy atom. The average Bonchev–Trinajstić information content (AvgIpc) is 2.62. The van der Waals surface area contributed by atoms with E-state index < -0.39 is 0 Å². The zero-order valence-electron chi connectivity index (χ0n) is 13.8. The number of ether oxygens (including phenoxy) is 1. The van der Waals surface area contributed by atoms with E-state index in [1.807, 2.05) is 36.4 Å². The summed E-state index contributed by atoms with van der Waals surface area (Å²) < 4.78 is 5.80. The molecular weight excluding hydrogens is 322 g/mol. The Morgan fingerprint density at radius 1 is 1.00 bits per heavy atom. The summed E-state index contributed by atoms with van der Waals surface area (Å²) in [5, 5.41) is 10.1. The summed E-state index contributed by atoms with van der Waals surface area (Å²) in [6.07, 6.45) is 3.52. The first-order valence-electron chi connectivity index (χ1n) is 8.57. The van der Waals surface area contributed by atoms with E-state index in [-0.39, 0.29) is 0 Å². The molecule has 0 bridgehead atoms. The fourth-order valence-electron chi connectivity index (χ4n) is 3.16. The molecule has 1 saturated heterocycles. The van der Waals surface area contributed by atoms with Crippen LogP contribution in [0.3, 0.4) is 0 Å². The second-order valence-electron chi connectivity index (χ2n) is 6.41. The van der Waals surface area contributed by atoms with Gasteiger partial charge in [-0.1, -0.05) is 23.7 Å². The highest BCUT2D eigenvalue weighted by atomic mass is 35.5. The normalized spacial score (nSPS) is 15.6. The van der Waals surface area contributed by atoms with E-state index in [2.05, 4.69) is 4.90 Å². The van der Waals surface area contributed by atoms with E-state index >= 15 is 0 Å². The standard InChI is InChI=1S/C20H24ClNO2/c21-18-3-1-17(2-4-18)15-24-14-11-16-9-12-22(13-10-16)19-5-7-20(23)8-6-19/h1-8,16,23H,9-15H2. The average molecular weight is 346 g/mol. The van der Waals surface area contributed by atoms with Gasteiger partial charge in [-0.15, -0.1) is 0 Å². The Morgan fingerprint density at radius 3 is 2.33 bits per heavy atom. The number of rotatable bonds is 6. The second-order valence-corrected chi connectivity index (χ2v) is 6.85. The lowest BCUT2D eigenvalue weighted by Gasteiger charge is -2.33. The van der Waals surface area contributed by atoms with Crippen molar-refractivity contribution in [3.63, 3.8) is 0 Å². The molecule has 0 unspecified atom stereocenters. The van der Waals surface area contributed by atoms with Crippen molar-refractivity contribution >= 4 is 17.3 Å². The van der Waals surface area contributed by atoms with Gasteiger partial charge in [0.1, 0.15) is 5.75 Å². The van der Waals surface area contributed by atoms with Crippen LogP contribution < -0.4 is 4.90 Å². The SMILES string of the molecule is Oc1ccc(N2CCC(CCOCc3ccc(Cl)cc3)CC2)cc1. The number of phenolic OH excluding ortho intramolecular Hbond substituents is 1. The zero-order chi connectivity index (χ0) is 16.8. The van der Waals surface area contributed by atoms with E-state index in [9.17, 15) is 5.11 Å². The predicted molar refractivity (Wildman–Crippen MR) is 98.8 cm³/mol. The molecule has 128 valence electrons. The molecule has 1 aliphatic rings. The molecule has 0 amide bonds. The van der Waals surface area contributed by atoms with Gasteiger partial charge >= 0.3 is 0 Å². The summed E-state index contributed by atoms with van der Waals surface area (Å²) in [6.45, 7) is 3.62. The predicted octanol–water partition coefficient (Wildman–Crippen LogP) is 4.87. The zero-order valence-corrected chi connectivity index (χ0v) is 14.6. The van der Waals surface area contributed by atoms with E-state index in [0.717, 1.165) is 37.1 Å². The molecule has 4 heteroatoms. The second kappa shape index (κ2) is 8.41. The Balaban J connectivity index is 1.35. The van der Waals surface area contributed by atoms with Crippen molar-refractivity contribution in [2.45, 2.75) is 25.9 Å². The summed E-state index contributed by atoms with van der Waals surface area (Å²) in [7, 11) is 0. The first kappa shape index (κ1) is 17.1. The summed E-state index contributed by atoms with van der Waals surface area (Å²) >= 11 is 5.88. The fourth-order valence-corrected chi connectivity index (χ4v) is 3.29. The molecule has 0 saturated carbocycles. The molecule has 1 heterocycles. The van der Waals surface area contributed by atoms with Crippen LogP contribution in [0.25, 0.3) is 0 Å². The topological polar surface area (TPSA) is 32.7 Å². The molecule has 0 aromatic heterocycles. The van der Waals surface area contributed by atoms with Gasteiger partial charge in [-0.2, -0.15) is 0 Å². The number of nitrogens with zero attached hydrogens (tertiary/aromatic N) is 1. The monoisotopic (exact) mass is 345 g/mol. The van der Waals surface area contributed by atoms with Crippen molar-refractivity contribution in [1.29, 1.82) is 0 Å². The highest BCUT2D eigenvalue weighted by Crippen LogP contribution is 2.26. The van der Waals surface area contributed by atoms with Crippen molar-refractivity contribution in [1.82, 2.24) is 0 Å². The van der Waals surface area contributed by atoms with E-state index in [0.29, 0.717) is 12.4 Å². The van der Waals surface area contributed by atoms with E-state index in [1.54, 1.807) is 12.1 Å². The Hall–Kier alpha value is -1.71. The van der Waals surface area contributed by atoms with Gasteiger partial charge in [-0.05, 0) is 67.1 Å². The fraction of sp³-hybridized carbons (Fsp3) is 0.400. The van der Waals surface area contributed by atoms with Crippen molar-refractivity contribution in [3.8, 4) is 5.75 Å². The maximum Gasteiger partial charge on any atom is 0.115 e. The molecule has 24 heavy (non-hydrogen) atoms. The minimum Gasteiger partial charge on any atom is -0.508 e. The summed E-state index contributed by atoms with van der Waals surface area (Å²) in [5.41, 5.74) is 2.37. The van der Waals surface area contributed by atoms with Crippen LogP contribution in [0.15, 0.2) is 48.5 Å². The molecule has 0 atom stereocenters. The third-order valence-electron chi connectivity index (χ3n) is 4.68. The summed E-state index contributed by atoms with van der Waals surface area (Å²) in [4.78, 5) is 2.39. The van der Waals surface area contributed by atoms with Gasteiger partial charge in [-0.3, -0.25) is 0 Å². The van der Waals surface area contributed by atoms with Crippen LogP contribution in [0.4, 0.5) is 5.69 Å². The largest absolute Gasteiger partial charge is 0.508 e. The number of halogens is 1. The van der Waals surface area contributed by atoms with Gasteiger partial charge in [0, 0.05) is 30.4 Å². The van der Waals surface area contributed by atoms with Crippen LogP contribution in [0.2, 0.25) is 5.02 Å². The first-order valence-corrected chi connectivity index (χ1v) is 8.94. The van der Waals surface area contributed by atoms with E-state index in [4.69, 9.17) is 16.3 Å². The molecule has 1 fully saturated rings. The number of hydrogen-bond acceptors (Lipinski definition) is 3. The van der Waals surface area contributed by atoms with Crippen LogP contribution in [0.1, 0.15) is 24.8 Å². The number of phenols is 1. The van der Waals surface area contributed by atoms with Crippen LogP contribution in [-0.2, 0) is 11.3 Å². The number of aromatic hydroxyl groups is 1. The van der Waals surface area contributed by atoms with Crippen LogP contribution in [-0.4, -0.2) is 24.8 Å². The molecule has 0 aliphatic carbocycles. The number of benzene rings is 2. The number of hydrogen-bond donors (Lipinski definition) is 1. The lowest BCUT2D eigenvalue weighted by Crippen LogP contribution is -2.33. The maximum atomic E-state index is 9.37. The van der Waals surface area contributed by atoms with Gasteiger partial charge in [0.15, 0.2) is 0 Å². The molecule has 0 spiro atoms. The molecule has 3 rings (SSSR count). The maximum absolute atomic E-state index is 9.37. The van der Waals surface area contributed by atoms with Gasteiger partial charge in [0.25, 0.3) is 0 Å². The quantitative estimate of drug-likeness (QED) is 0.758.